The number of nitrogens with zero attached hydrogens (tertiary/aromatic N) is 2. The zero-order valence-electron chi connectivity index (χ0n) is 11.9. The van der Waals surface area contributed by atoms with Gasteiger partial charge in [-0.05, 0) is 38.3 Å². The fourth-order valence-corrected chi connectivity index (χ4v) is 3.70. The van der Waals surface area contributed by atoms with Crippen LogP contribution in [-0.4, -0.2) is 22.5 Å². The molecule has 2 amide bonds. The number of rotatable bonds is 3. The van der Waals surface area contributed by atoms with Crippen LogP contribution < -0.4 is 10.6 Å². The van der Waals surface area contributed by atoms with Crippen molar-refractivity contribution in [2.75, 3.05) is 11.9 Å². The molecule has 3 rings (SSSR count). The quantitative estimate of drug-likeness (QED) is 0.915. The highest BCUT2D eigenvalue weighted by molar-refractivity contribution is 7.11. The Morgan fingerprint density at radius 3 is 3.19 bits per heavy atom. The lowest BCUT2D eigenvalue weighted by atomic mass is 9.91. The van der Waals surface area contributed by atoms with Gasteiger partial charge in [-0.25, -0.2) is 14.8 Å². The van der Waals surface area contributed by atoms with Gasteiger partial charge in [-0.3, -0.25) is 5.32 Å². The largest absolute Gasteiger partial charge is 0.337 e. The highest BCUT2D eigenvalue weighted by atomic mass is 32.1. The lowest BCUT2D eigenvalue weighted by Crippen LogP contribution is -2.33. The van der Waals surface area contributed by atoms with Crippen LogP contribution in [0.4, 0.5) is 10.6 Å². The number of anilines is 1. The summed E-state index contributed by atoms with van der Waals surface area (Å²) >= 11 is 1.78. The van der Waals surface area contributed by atoms with Crippen LogP contribution in [0.2, 0.25) is 0 Å². The van der Waals surface area contributed by atoms with Gasteiger partial charge < -0.3 is 5.32 Å². The molecule has 1 atom stereocenters. The third kappa shape index (κ3) is 3.39. The van der Waals surface area contributed by atoms with E-state index in [1.54, 1.807) is 23.6 Å². The number of aryl methyl sites for hydroxylation is 2. The predicted octanol–water partition coefficient (Wildman–Crippen LogP) is 3.09. The molecule has 5 nitrogen and oxygen atoms in total. The van der Waals surface area contributed by atoms with Crippen molar-refractivity contribution in [3.05, 3.63) is 40.0 Å². The molecule has 2 heterocycles. The van der Waals surface area contributed by atoms with E-state index in [0.29, 0.717) is 18.3 Å². The number of hydrogen-bond acceptors (Lipinski definition) is 4. The van der Waals surface area contributed by atoms with E-state index < -0.39 is 0 Å². The number of hydrogen-bond donors (Lipinski definition) is 2. The molecule has 0 saturated heterocycles. The number of amides is 2. The van der Waals surface area contributed by atoms with Crippen LogP contribution in [0.15, 0.2) is 24.4 Å². The third-order valence-electron chi connectivity index (χ3n) is 3.59. The van der Waals surface area contributed by atoms with Crippen molar-refractivity contribution in [2.24, 2.45) is 0 Å². The Morgan fingerprint density at radius 1 is 1.48 bits per heavy atom. The molecule has 2 N–H and O–H groups in total. The normalized spacial score (nSPS) is 17.1. The summed E-state index contributed by atoms with van der Waals surface area (Å²) in [6.07, 6.45) is 5.03. The van der Waals surface area contributed by atoms with Gasteiger partial charge in [0.15, 0.2) is 0 Å². The molecule has 1 aliphatic carbocycles. The molecule has 6 heteroatoms. The van der Waals surface area contributed by atoms with E-state index in [9.17, 15) is 4.79 Å². The Morgan fingerprint density at radius 2 is 2.38 bits per heavy atom. The minimum atomic E-state index is -0.215. The minimum absolute atomic E-state index is 0.215. The summed E-state index contributed by atoms with van der Waals surface area (Å²) in [6, 6.07) is 5.21. The van der Waals surface area contributed by atoms with Crippen LogP contribution in [0.3, 0.4) is 0 Å². The van der Waals surface area contributed by atoms with Crippen molar-refractivity contribution < 1.29 is 4.79 Å². The van der Waals surface area contributed by atoms with Gasteiger partial charge in [0.25, 0.3) is 0 Å². The molecule has 0 aromatic carbocycles. The number of carbonyl (C=O) groups is 1. The Kier molecular flexibility index (Phi) is 4.15. The fraction of sp³-hybridized carbons (Fsp3) is 0.400. The predicted molar refractivity (Wildman–Crippen MR) is 83.8 cm³/mol. The summed E-state index contributed by atoms with van der Waals surface area (Å²) in [4.78, 5) is 22.0. The maximum atomic E-state index is 11.9. The molecule has 110 valence electrons. The first-order chi connectivity index (χ1) is 10.2. The summed E-state index contributed by atoms with van der Waals surface area (Å²) in [7, 11) is 0. The topological polar surface area (TPSA) is 66.9 Å². The highest BCUT2D eigenvalue weighted by Gasteiger charge is 2.24. The van der Waals surface area contributed by atoms with Crippen molar-refractivity contribution in [3.8, 4) is 0 Å². The summed E-state index contributed by atoms with van der Waals surface area (Å²) < 4.78 is 0. The number of nitrogens with one attached hydrogen (secondary N) is 2. The second-order valence-electron chi connectivity index (χ2n) is 5.18. The maximum Gasteiger partial charge on any atom is 0.320 e. The van der Waals surface area contributed by atoms with Gasteiger partial charge >= 0.3 is 6.03 Å². The Balaban J connectivity index is 1.57. The molecule has 0 fully saturated rings. The Labute approximate surface area is 127 Å². The second-order valence-corrected chi connectivity index (χ2v) is 6.47. The molecule has 1 aliphatic rings. The monoisotopic (exact) mass is 302 g/mol. The van der Waals surface area contributed by atoms with Gasteiger partial charge in [0.1, 0.15) is 5.82 Å². The van der Waals surface area contributed by atoms with Crippen LogP contribution in [0.5, 0.6) is 0 Å². The van der Waals surface area contributed by atoms with Crippen LogP contribution >= 0.6 is 11.3 Å². The number of urea groups is 1. The fourth-order valence-electron chi connectivity index (χ4n) is 2.64. The molecular weight excluding hydrogens is 284 g/mol. The van der Waals surface area contributed by atoms with Crippen molar-refractivity contribution in [1.29, 1.82) is 0 Å². The molecule has 0 aliphatic heterocycles. The average molecular weight is 302 g/mol. The second kappa shape index (κ2) is 6.22. The van der Waals surface area contributed by atoms with Crippen LogP contribution in [0.1, 0.15) is 34.3 Å². The van der Waals surface area contributed by atoms with Crippen molar-refractivity contribution >= 4 is 23.2 Å². The standard InChI is InChI=1S/C15H18N4OS/c1-10-18-14-11(5-4-6-12(14)21-10)9-17-15(20)19-13-7-2-3-8-16-13/h2-3,7-8,11H,4-6,9H2,1H3,(H2,16,17,19,20)/t11-/m1/s1. The molecule has 0 radical (unpaired) electrons. The summed E-state index contributed by atoms with van der Waals surface area (Å²) in [5, 5.41) is 6.77. The van der Waals surface area contributed by atoms with E-state index in [1.165, 1.54) is 17.0 Å². The zero-order chi connectivity index (χ0) is 14.7. The first kappa shape index (κ1) is 14.0. The molecule has 0 unspecified atom stereocenters. The van der Waals surface area contributed by atoms with Gasteiger partial charge in [0.05, 0.1) is 10.7 Å². The van der Waals surface area contributed by atoms with E-state index >= 15 is 0 Å². The van der Waals surface area contributed by atoms with Crippen molar-refractivity contribution in [2.45, 2.75) is 32.1 Å². The van der Waals surface area contributed by atoms with Gasteiger partial charge in [-0.1, -0.05) is 6.07 Å². The van der Waals surface area contributed by atoms with E-state index in [1.807, 2.05) is 19.1 Å². The van der Waals surface area contributed by atoms with Crippen molar-refractivity contribution in [1.82, 2.24) is 15.3 Å². The number of thiazole rings is 1. The molecule has 0 spiro atoms. The molecule has 21 heavy (non-hydrogen) atoms. The SMILES string of the molecule is Cc1nc2c(s1)CCC[C@@H]2CNC(=O)Nc1ccccn1. The zero-order valence-corrected chi connectivity index (χ0v) is 12.7. The molecule has 2 aromatic heterocycles. The maximum absolute atomic E-state index is 11.9. The first-order valence-electron chi connectivity index (χ1n) is 7.14. The molecule has 0 saturated carbocycles. The third-order valence-corrected chi connectivity index (χ3v) is 4.64. The summed E-state index contributed by atoms with van der Waals surface area (Å²) in [6.45, 7) is 2.66. The number of carbonyl (C=O) groups excluding carboxylic acids is 1. The van der Waals surface area contributed by atoms with Gasteiger partial charge in [-0.15, -0.1) is 11.3 Å². The van der Waals surface area contributed by atoms with E-state index in [-0.39, 0.29) is 6.03 Å². The summed E-state index contributed by atoms with van der Waals surface area (Å²) in [5.74, 6) is 0.886. The van der Waals surface area contributed by atoms with Crippen LogP contribution in [0, 0.1) is 6.92 Å². The highest BCUT2D eigenvalue weighted by Crippen LogP contribution is 2.34. The smallest absolute Gasteiger partial charge is 0.320 e. The van der Waals surface area contributed by atoms with Gasteiger partial charge in [0.2, 0.25) is 0 Å². The lowest BCUT2D eigenvalue weighted by Gasteiger charge is -2.21. The Bertz CT molecular complexity index is 626. The number of aromatic nitrogens is 2. The average Bonchev–Trinajstić information content (AvgIpc) is 2.87. The van der Waals surface area contributed by atoms with Crippen LogP contribution in [-0.2, 0) is 6.42 Å². The van der Waals surface area contributed by atoms with E-state index in [2.05, 4.69) is 20.6 Å². The van der Waals surface area contributed by atoms with E-state index in [4.69, 9.17) is 0 Å². The number of pyridine rings is 1. The minimum Gasteiger partial charge on any atom is -0.337 e. The molecule has 2 aromatic rings. The molecule has 0 bridgehead atoms. The molecular formula is C15H18N4OS. The van der Waals surface area contributed by atoms with E-state index in [0.717, 1.165) is 17.8 Å². The van der Waals surface area contributed by atoms with Gasteiger partial charge in [0, 0.05) is 23.5 Å². The summed E-state index contributed by atoms with van der Waals surface area (Å²) in [5.41, 5.74) is 1.18. The van der Waals surface area contributed by atoms with Crippen LogP contribution in [0.25, 0.3) is 0 Å². The van der Waals surface area contributed by atoms with Gasteiger partial charge in [-0.2, -0.15) is 0 Å². The van der Waals surface area contributed by atoms with Crippen molar-refractivity contribution in [3.63, 3.8) is 0 Å². The lowest BCUT2D eigenvalue weighted by molar-refractivity contribution is 0.251. The Hall–Kier alpha value is -1.95. The number of fused-ring (bicyclic) bond motifs is 1. The first-order valence-corrected chi connectivity index (χ1v) is 7.96.